The van der Waals surface area contributed by atoms with Crippen LogP contribution < -0.4 is 4.57 Å². The Kier molecular flexibility index (Phi) is 4.40. The van der Waals surface area contributed by atoms with Crippen molar-refractivity contribution in [3.8, 4) is 11.3 Å². The highest BCUT2D eigenvalue weighted by Crippen LogP contribution is 2.27. The molecule has 0 N–H and O–H groups in total. The Labute approximate surface area is 143 Å². The van der Waals surface area contributed by atoms with Gasteiger partial charge in [-0.15, -0.1) is 0 Å². The lowest BCUT2D eigenvalue weighted by Gasteiger charge is -2.12. The molecule has 0 bridgehead atoms. The third-order valence-electron chi connectivity index (χ3n) is 4.69. The second-order valence-electron chi connectivity index (χ2n) is 7.15. The number of halogens is 1. The van der Waals surface area contributed by atoms with Crippen LogP contribution in [0.2, 0.25) is 0 Å². The zero-order valence-corrected chi connectivity index (χ0v) is 15.2. The molecule has 0 radical (unpaired) electrons. The van der Waals surface area contributed by atoms with Crippen LogP contribution in [0.3, 0.4) is 0 Å². The van der Waals surface area contributed by atoms with Gasteiger partial charge in [-0.3, -0.25) is 0 Å². The minimum absolute atomic E-state index is 0.101. The summed E-state index contributed by atoms with van der Waals surface area (Å²) in [6.07, 6.45) is 0.756. The fourth-order valence-corrected chi connectivity index (χ4v) is 3.41. The molecule has 0 aliphatic heterocycles. The Hall–Kier alpha value is -2.22. The van der Waals surface area contributed by atoms with Gasteiger partial charge in [0.05, 0.1) is 5.39 Å². The van der Waals surface area contributed by atoms with Crippen molar-refractivity contribution >= 4 is 10.9 Å². The highest BCUT2D eigenvalue weighted by atomic mass is 19.1. The lowest BCUT2D eigenvalue weighted by atomic mass is 9.96. The molecule has 2 heteroatoms. The Balaban J connectivity index is 2.26. The van der Waals surface area contributed by atoms with E-state index in [1.807, 2.05) is 6.07 Å². The summed E-state index contributed by atoms with van der Waals surface area (Å²) in [5, 5.41) is 1.01. The van der Waals surface area contributed by atoms with Crippen LogP contribution in [-0.2, 0) is 13.5 Å². The van der Waals surface area contributed by atoms with Crippen LogP contribution in [0.25, 0.3) is 22.2 Å². The van der Waals surface area contributed by atoms with E-state index in [9.17, 15) is 4.39 Å². The molecule has 24 heavy (non-hydrogen) atoms. The van der Waals surface area contributed by atoms with Gasteiger partial charge < -0.3 is 0 Å². The molecule has 0 unspecified atom stereocenters. The summed E-state index contributed by atoms with van der Waals surface area (Å²) in [7, 11) is 2.07. The predicted molar refractivity (Wildman–Crippen MR) is 98.5 cm³/mol. The number of pyridine rings is 1. The number of aromatic nitrogens is 1. The quantitative estimate of drug-likeness (QED) is 0.577. The van der Waals surface area contributed by atoms with E-state index < -0.39 is 0 Å². The number of hydrogen-bond acceptors (Lipinski definition) is 0. The summed E-state index contributed by atoms with van der Waals surface area (Å²) in [5.41, 5.74) is 6.78. The largest absolute Gasteiger partial charge is 0.213 e. The van der Waals surface area contributed by atoms with Crippen molar-refractivity contribution in [2.24, 2.45) is 13.0 Å². The average Bonchev–Trinajstić information content (AvgIpc) is 2.53. The SMILES string of the molecule is Cc1ccc(C)c(-c2ccc3c(CC(C)C)c(F)ccc3[n+]2C)c1. The smallest absolute Gasteiger partial charge is 0.207 e. The van der Waals surface area contributed by atoms with Gasteiger partial charge in [-0.2, -0.15) is 4.57 Å². The van der Waals surface area contributed by atoms with Gasteiger partial charge in [0, 0.05) is 23.3 Å². The third kappa shape index (κ3) is 2.93. The average molecular weight is 322 g/mol. The number of hydrogen-bond donors (Lipinski definition) is 0. The van der Waals surface area contributed by atoms with Crippen molar-refractivity contribution in [2.45, 2.75) is 34.1 Å². The van der Waals surface area contributed by atoms with E-state index in [4.69, 9.17) is 0 Å². The van der Waals surface area contributed by atoms with Gasteiger partial charge in [0.15, 0.2) is 0 Å². The van der Waals surface area contributed by atoms with E-state index in [1.54, 1.807) is 6.07 Å². The minimum Gasteiger partial charge on any atom is -0.207 e. The molecule has 3 aromatic rings. The fourth-order valence-electron chi connectivity index (χ4n) is 3.41. The first kappa shape index (κ1) is 16.6. The highest BCUT2D eigenvalue weighted by molar-refractivity contribution is 5.81. The van der Waals surface area contributed by atoms with E-state index in [1.165, 1.54) is 16.7 Å². The normalized spacial score (nSPS) is 11.5. The first-order valence-electron chi connectivity index (χ1n) is 8.56. The summed E-state index contributed by atoms with van der Waals surface area (Å²) in [6, 6.07) is 14.2. The molecule has 0 aliphatic carbocycles. The van der Waals surface area contributed by atoms with Crippen molar-refractivity contribution in [3.63, 3.8) is 0 Å². The molecule has 0 amide bonds. The van der Waals surface area contributed by atoms with Gasteiger partial charge in [0.2, 0.25) is 11.2 Å². The summed E-state index contributed by atoms with van der Waals surface area (Å²) >= 11 is 0. The molecule has 3 rings (SSSR count). The minimum atomic E-state index is -0.101. The molecule has 0 saturated heterocycles. The maximum atomic E-state index is 14.3. The third-order valence-corrected chi connectivity index (χ3v) is 4.69. The van der Waals surface area contributed by atoms with E-state index in [-0.39, 0.29) is 5.82 Å². The number of nitrogens with zero attached hydrogens (tertiary/aromatic N) is 1. The second kappa shape index (κ2) is 6.35. The summed E-state index contributed by atoms with van der Waals surface area (Å²) in [6.45, 7) is 8.50. The van der Waals surface area contributed by atoms with Crippen LogP contribution in [0.4, 0.5) is 4.39 Å². The molecule has 1 nitrogen and oxygen atoms in total. The van der Waals surface area contributed by atoms with Gasteiger partial charge in [-0.05, 0) is 49.9 Å². The lowest BCUT2D eigenvalue weighted by Crippen LogP contribution is -2.32. The van der Waals surface area contributed by atoms with Crippen molar-refractivity contribution in [1.82, 2.24) is 0 Å². The molecule has 124 valence electrons. The highest BCUT2D eigenvalue weighted by Gasteiger charge is 2.19. The van der Waals surface area contributed by atoms with Crippen LogP contribution in [0.5, 0.6) is 0 Å². The molecule has 0 fully saturated rings. The number of benzene rings is 2. The summed E-state index contributed by atoms with van der Waals surface area (Å²) in [5.74, 6) is 0.324. The molecule has 1 heterocycles. The zero-order valence-electron chi connectivity index (χ0n) is 15.2. The van der Waals surface area contributed by atoms with Crippen LogP contribution >= 0.6 is 0 Å². The Morgan fingerprint density at radius 2 is 1.75 bits per heavy atom. The van der Waals surface area contributed by atoms with Gasteiger partial charge in [-0.1, -0.05) is 31.5 Å². The first-order valence-corrected chi connectivity index (χ1v) is 8.56. The van der Waals surface area contributed by atoms with E-state index in [0.29, 0.717) is 5.92 Å². The lowest BCUT2D eigenvalue weighted by molar-refractivity contribution is -0.633. The first-order chi connectivity index (χ1) is 11.4. The molecule has 1 aromatic heterocycles. The van der Waals surface area contributed by atoms with Crippen LogP contribution in [0.15, 0.2) is 42.5 Å². The fraction of sp³-hybridized carbons (Fsp3) is 0.318. The van der Waals surface area contributed by atoms with Crippen LogP contribution in [0.1, 0.15) is 30.5 Å². The molecular formula is C22H25FN+. The summed E-state index contributed by atoms with van der Waals surface area (Å²) < 4.78 is 16.5. The van der Waals surface area contributed by atoms with Crippen molar-refractivity contribution in [2.75, 3.05) is 0 Å². The van der Waals surface area contributed by atoms with E-state index in [0.717, 1.165) is 28.6 Å². The van der Waals surface area contributed by atoms with E-state index in [2.05, 4.69) is 69.6 Å². The molecule has 0 saturated carbocycles. The van der Waals surface area contributed by atoms with Gasteiger partial charge in [-0.25, -0.2) is 4.39 Å². The zero-order chi connectivity index (χ0) is 17.4. The monoisotopic (exact) mass is 322 g/mol. The maximum Gasteiger partial charge on any atom is 0.213 e. The molecule has 0 atom stereocenters. The summed E-state index contributed by atoms with van der Waals surface area (Å²) in [4.78, 5) is 0. The molecule has 2 aromatic carbocycles. The van der Waals surface area contributed by atoms with Crippen LogP contribution in [-0.4, -0.2) is 0 Å². The van der Waals surface area contributed by atoms with Crippen LogP contribution in [0, 0.1) is 25.6 Å². The Morgan fingerprint density at radius 1 is 1.00 bits per heavy atom. The molecular weight excluding hydrogens is 297 g/mol. The Morgan fingerprint density at radius 3 is 2.46 bits per heavy atom. The molecule has 0 spiro atoms. The van der Waals surface area contributed by atoms with Crippen molar-refractivity contribution < 1.29 is 8.96 Å². The number of rotatable bonds is 3. The maximum absolute atomic E-state index is 14.3. The van der Waals surface area contributed by atoms with Crippen molar-refractivity contribution in [1.29, 1.82) is 0 Å². The topological polar surface area (TPSA) is 3.88 Å². The number of aryl methyl sites for hydroxylation is 3. The standard InChI is InChI=1S/C22H25FN/c1-14(2)12-19-17-8-10-22(18-13-15(3)6-7-16(18)4)24(5)21(17)11-9-20(19)23/h6-11,13-14H,12H2,1-5H3/q+1. The van der Waals surface area contributed by atoms with Crippen molar-refractivity contribution in [3.05, 3.63) is 65.0 Å². The number of fused-ring (bicyclic) bond motifs is 1. The van der Waals surface area contributed by atoms with E-state index >= 15 is 0 Å². The van der Waals surface area contributed by atoms with Gasteiger partial charge in [0.25, 0.3) is 0 Å². The molecule has 0 aliphatic rings. The second-order valence-corrected chi connectivity index (χ2v) is 7.15. The van der Waals surface area contributed by atoms with Gasteiger partial charge in [0.1, 0.15) is 12.9 Å². The van der Waals surface area contributed by atoms with Gasteiger partial charge >= 0.3 is 0 Å². The Bertz CT molecular complexity index is 909. The predicted octanol–water partition coefficient (Wildman–Crippen LogP) is 5.29.